The summed E-state index contributed by atoms with van der Waals surface area (Å²) in [6.07, 6.45) is 1.81. The van der Waals surface area contributed by atoms with Crippen molar-refractivity contribution in [1.82, 2.24) is 15.0 Å². The zero-order valence-corrected chi connectivity index (χ0v) is 17.5. The van der Waals surface area contributed by atoms with Crippen LogP contribution in [0, 0.1) is 0 Å². The van der Waals surface area contributed by atoms with E-state index in [4.69, 9.17) is 19.4 Å². The first kappa shape index (κ1) is 19.0. The number of nitrogens with zero attached hydrogens (tertiary/aromatic N) is 4. The maximum Gasteiger partial charge on any atom is 0.164 e. The van der Waals surface area contributed by atoms with Crippen LogP contribution >= 0.6 is 11.3 Å². The SMILES string of the molecule is CNc1ccc(-c2nc(N3CCOCC3)c3cc(C(C)(C)OC)sc3n2)cn1. The van der Waals surface area contributed by atoms with Gasteiger partial charge in [0.2, 0.25) is 0 Å². The van der Waals surface area contributed by atoms with Crippen LogP contribution in [-0.2, 0) is 15.1 Å². The van der Waals surface area contributed by atoms with Gasteiger partial charge in [-0.25, -0.2) is 15.0 Å². The number of fused-ring (bicyclic) bond motifs is 1. The molecule has 0 aliphatic carbocycles. The molecule has 1 aliphatic heterocycles. The maximum absolute atomic E-state index is 5.69. The lowest BCUT2D eigenvalue weighted by Gasteiger charge is -2.28. The summed E-state index contributed by atoms with van der Waals surface area (Å²) in [6.45, 7) is 7.20. The molecule has 0 saturated carbocycles. The lowest BCUT2D eigenvalue weighted by atomic mass is 10.1. The number of ether oxygens (including phenoxy) is 2. The van der Waals surface area contributed by atoms with E-state index in [2.05, 4.69) is 35.1 Å². The smallest absolute Gasteiger partial charge is 0.164 e. The number of nitrogens with one attached hydrogen (secondary N) is 1. The molecular formula is C20H25N5O2S. The largest absolute Gasteiger partial charge is 0.378 e. The molecule has 1 N–H and O–H groups in total. The molecule has 0 spiro atoms. The first-order chi connectivity index (χ1) is 13.5. The molecule has 0 atom stereocenters. The van der Waals surface area contributed by atoms with Crippen LogP contribution in [0.15, 0.2) is 24.4 Å². The summed E-state index contributed by atoms with van der Waals surface area (Å²) in [5, 5.41) is 4.10. The molecule has 0 aromatic carbocycles. The van der Waals surface area contributed by atoms with E-state index in [1.54, 1.807) is 18.4 Å². The second-order valence-electron chi connectivity index (χ2n) is 7.20. The van der Waals surface area contributed by atoms with Crippen molar-refractivity contribution in [1.29, 1.82) is 0 Å². The molecule has 0 amide bonds. The number of anilines is 2. The third-order valence-electron chi connectivity index (χ3n) is 5.06. The molecule has 3 aromatic heterocycles. The zero-order chi connectivity index (χ0) is 19.7. The maximum atomic E-state index is 5.69. The number of rotatable bonds is 5. The van der Waals surface area contributed by atoms with Gasteiger partial charge >= 0.3 is 0 Å². The topological polar surface area (TPSA) is 72.4 Å². The second-order valence-corrected chi connectivity index (χ2v) is 8.23. The number of morpholine rings is 1. The minimum atomic E-state index is -0.371. The quantitative estimate of drug-likeness (QED) is 0.704. The van der Waals surface area contributed by atoms with Crippen LogP contribution in [0.4, 0.5) is 11.6 Å². The molecule has 4 heterocycles. The molecule has 1 aliphatic rings. The molecule has 1 fully saturated rings. The van der Waals surface area contributed by atoms with E-state index in [-0.39, 0.29) is 5.60 Å². The summed E-state index contributed by atoms with van der Waals surface area (Å²) in [5.41, 5.74) is 0.528. The number of pyridine rings is 1. The highest BCUT2D eigenvalue weighted by molar-refractivity contribution is 7.18. The summed E-state index contributed by atoms with van der Waals surface area (Å²) in [4.78, 5) is 18.6. The number of hydrogen-bond acceptors (Lipinski definition) is 8. The van der Waals surface area contributed by atoms with Crippen molar-refractivity contribution in [2.24, 2.45) is 0 Å². The number of hydrogen-bond donors (Lipinski definition) is 1. The van der Waals surface area contributed by atoms with Gasteiger partial charge in [-0.15, -0.1) is 11.3 Å². The van der Waals surface area contributed by atoms with Crippen LogP contribution in [0.5, 0.6) is 0 Å². The number of methoxy groups -OCH3 is 1. The number of aromatic nitrogens is 3. The van der Waals surface area contributed by atoms with Crippen LogP contribution < -0.4 is 10.2 Å². The Morgan fingerprint density at radius 1 is 1.21 bits per heavy atom. The Hall–Kier alpha value is -2.29. The van der Waals surface area contributed by atoms with E-state index in [9.17, 15) is 0 Å². The lowest BCUT2D eigenvalue weighted by molar-refractivity contribution is 0.0224. The summed E-state index contributed by atoms with van der Waals surface area (Å²) >= 11 is 1.66. The minimum Gasteiger partial charge on any atom is -0.378 e. The first-order valence-corrected chi connectivity index (χ1v) is 10.2. The Labute approximate surface area is 168 Å². The van der Waals surface area contributed by atoms with Crippen molar-refractivity contribution in [2.75, 3.05) is 50.7 Å². The van der Waals surface area contributed by atoms with Crippen LogP contribution in [-0.4, -0.2) is 55.4 Å². The van der Waals surface area contributed by atoms with Gasteiger partial charge in [0.15, 0.2) is 5.82 Å². The van der Waals surface area contributed by atoms with Crippen molar-refractivity contribution in [2.45, 2.75) is 19.4 Å². The van der Waals surface area contributed by atoms with Crippen molar-refractivity contribution in [3.63, 3.8) is 0 Å². The van der Waals surface area contributed by atoms with Gasteiger partial charge in [-0.1, -0.05) is 0 Å². The fourth-order valence-corrected chi connectivity index (χ4v) is 4.23. The van der Waals surface area contributed by atoms with E-state index in [0.717, 1.165) is 45.4 Å². The van der Waals surface area contributed by atoms with Gasteiger partial charge in [0, 0.05) is 43.9 Å². The van der Waals surface area contributed by atoms with Crippen molar-refractivity contribution >= 4 is 33.2 Å². The minimum absolute atomic E-state index is 0.371. The second kappa shape index (κ2) is 7.62. The average molecular weight is 400 g/mol. The van der Waals surface area contributed by atoms with Crippen molar-refractivity contribution in [3.05, 3.63) is 29.3 Å². The normalized spacial score (nSPS) is 15.2. The van der Waals surface area contributed by atoms with Crippen molar-refractivity contribution < 1.29 is 9.47 Å². The van der Waals surface area contributed by atoms with E-state index in [0.29, 0.717) is 19.0 Å². The molecule has 7 nitrogen and oxygen atoms in total. The summed E-state index contributed by atoms with van der Waals surface area (Å²) < 4.78 is 11.2. The Morgan fingerprint density at radius 2 is 2.00 bits per heavy atom. The van der Waals surface area contributed by atoms with Gasteiger partial charge in [0.1, 0.15) is 16.5 Å². The summed E-state index contributed by atoms with van der Waals surface area (Å²) in [5.74, 6) is 2.46. The molecule has 4 rings (SSSR count). The van der Waals surface area contributed by atoms with Gasteiger partial charge < -0.3 is 19.7 Å². The molecule has 8 heteroatoms. The van der Waals surface area contributed by atoms with E-state index >= 15 is 0 Å². The average Bonchev–Trinajstić information content (AvgIpc) is 3.19. The Bertz CT molecular complexity index is 965. The van der Waals surface area contributed by atoms with Gasteiger partial charge in [-0.3, -0.25) is 0 Å². The fraction of sp³-hybridized carbons (Fsp3) is 0.450. The molecular weight excluding hydrogens is 374 g/mol. The Kier molecular flexibility index (Phi) is 5.18. The molecule has 0 radical (unpaired) electrons. The highest BCUT2D eigenvalue weighted by atomic mass is 32.1. The lowest BCUT2D eigenvalue weighted by Crippen LogP contribution is -2.37. The standard InChI is InChI=1S/C20H25N5O2S/c1-20(2,26-4)15-11-14-18(25-7-9-27-10-8-25)23-17(24-19(14)28-15)13-5-6-16(21-3)22-12-13/h5-6,11-12H,7-10H2,1-4H3,(H,21,22). The zero-order valence-electron chi connectivity index (χ0n) is 16.7. The molecule has 0 unspecified atom stereocenters. The summed E-state index contributed by atoms with van der Waals surface area (Å²) in [7, 11) is 3.59. The van der Waals surface area contributed by atoms with Gasteiger partial charge in [-0.2, -0.15) is 0 Å². The Balaban J connectivity index is 1.86. The highest BCUT2D eigenvalue weighted by Crippen LogP contribution is 2.38. The van der Waals surface area contributed by atoms with Gasteiger partial charge in [-0.05, 0) is 32.0 Å². The van der Waals surface area contributed by atoms with Gasteiger partial charge in [0.25, 0.3) is 0 Å². The third kappa shape index (κ3) is 3.55. The van der Waals surface area contributed by atoms with Crippen LogP contribution in [0.25, 0.3) is 21.6 Å². The molecule has 28 heavy (non-hydrogen) atoms. The van der Waals surface area contributed by atoms with Crippen LogP contribution in [0.2, 0.25) is 0 Å². The summed E-state index contributed by atoms with van der Waals surface area (Å²) in [6, 6.07) is 6.10. The molecule has 1 saturated heterocycles. The van der Waals surface area contributed by atoms with Crippen LogP contribution in [0.1, 0.15) is 18.7 Å². The van der Waals surface area contributed by atoms with Gasteiger partial charge in [0.05, 0.1) is 24.2 Å². The number of thiophene rings is 1. The van der Waals surface area contributed by atoms with Crippen molar-refractivity contribution in [3.8, 4) is 11.4 Å². The van der Waals surface area contributed by atoms with E-state index < -0.39 is 0 Å². The molecule has 3 aromatic rings. The third-order valence-corrected chi connectivity index (χ3v) is 6.40. The molecule has 148 valence electrons. The highest BCUT2D eigenvalue weighted by Gasteiger charge is 2.26. The van der Waals surface area contributed by atoms with E-state index in [1.807, 2.05) is 25.4 Å². The van der Waals surface area contributed by atoms with E-state index in [1.165, 1.54) is 0 Å². The predicted octanol–water partition coefficient (Wildman–Crippen LogP) is 3.51. The van der Waals surface area contributed by atoms with Crippen LogP contribution in [0.3, 0.4) is 0 Å². The molecule has 0 bridgehead atoms. The Morgan fingerprint density at radius 3 is 2.64 bits per heavy atom. The predicted molar refractivity (Wildman–Crippen MR) is 113 cm³/mol. The fourth-order valence-electron chi connectivity index (χ4n) is 3.12. The monoisotopic (exact) mass is 399 g/mol. The first-order valence-electron chi connectivity index (χ1n) is 9.36.